The first kappa shape index (κ1) is 17.0. The second-order valence-corrected chi connectivity index (χ2v) is 6.52. The summed E-state index contributed by atoms with van der Waals surface area (Å²) in [5.41, 5.74) is 3.02. The summed E-state index contributed by atoms with van der Waals surface area (Å²) in [6.07, 6.45) is 1.91. The van der Waals surface area contributed by atoms with Crippen LogP contribution in [0.4, 0.5) is 4.79 Å². The van der Waals surface area contributed by atoms with Gasteiger partial charge in [-0.1, -0.05) is 49.7 Å². The molecule has 2 amide bonds. The van der Waals surface area contributed by atoms with E-state index in [4.69, 9.17) is 0 Å². The lowest BCUT2D eigenvalue weighted by Gasteiger charge is -2.21. The van der Waals surface area contributed by atoms with Gasteiger partial charge in [0, 0.05) is 12.7 Å². The molecule has 0 saturated carbocycles. The van der Waals surface area contributed by atoms with E-state index in [1.165, 1.54) is 5.56 Å². The zero-order valence-corrected chi connectivity index (χ0v) is 14.7. The van der Waals surface area contributed by atoms with Crippen molar-refractivity contribution in [1.82, 2.24) is 25.2 Å². The first-order chi connectivity index (χ1) is 12.0. The topological polar surface area (TPSA) is 71.3 Å². The number of fused-ring (bicyclic) bond motifs is 1. The van der Waals surface area contributed by atoms with Crippen LogP contribution in [0.1, 0.15) is 36.8 Å². The van der Waals surface area contributed by atoms with Gasteiger partial charge in [0.05, 0.1) is 6.04 Å². The highest BCUT2D eigenvalue weighted by molar-refractivity contribution is 5.74. The fraction of sp³-hybridized carbons (Fsp3) is 0.316. The quantitative estimate of drug-likeness (QED) is 0.751. The predicted octanol–water partition coefficient (Wildman–Crippen LogP) is 3.23. The van der Waals surface area contributed by atoms with Crippen molar-refractivity contribution in [3.63, 3.8) is 0 Å². The van der Waals surface area contributed by atoms with Gasteiger partial charge >= 0.3 is 6.03 Å². The Kier molecular flexibility index (Phi) is 4.97. The number of aromatic nitrogens is 3. The van der Waals surface area contributed by atoms with Crippen LogP contribution in [0.15, 0.2) is 48.7 Å². The van der Waals surface area contributed by atoms with E-state index in [1.54, 1.807) is 0 Å². The van der Waals surface area contributed by atoms with Gasteiger partial charge in [-0.05, 0) is 30.5 Å². The number of carbonyl (C=O) groups is 1. The fourth-order valence-electron chi connectivity index (χ4n) is 2.80. The van der Waals surface area contributed by atoms with Crippen LogP contribution >= 0.6 is 0 Å². The molecule has 2 aromatic heterocycles. The molecule has 0 aliphatic carbocycles. The summed E-state index contributed by atoms with van der Waals surface area (Å²) in [6.45, 7) is 6.62. The van der Waals surface area contributed by atoms with Crippen molar-refractivity contribution < 1.29 is 4.79 Å². The van der Waals surface area contributed by atoms with E-state index >= 15 is 0 Å². The maximum absolute atomic E-state index is 12.4. The number of rotatable bonds is 5. The van der Waals surface area contributed by atoms with Crippen molar-refractivity contribution >= 4 is 11.7 Å². The second kappa shape index (κ2) is 7.34. The molecule has 6 heteroatoms. The standard InChI is InChI=1S/C19H23N5O/c1-13(2)17(18-23-22-16-9-4-5-10-24(16)18)21-19(25)20-12-15-8-6-7-14(3)11-15/h4-11,13,17H,12H2,1-3H3,(H2,20,21,25)/t17-/m1/s1. The lowest BCUT2D eigenvalue weighted by atomic mass is 10.0. The number of benzene rings is 1. The summed E-state index contributed by atoms with van der Waals surface area (Å²) in [6, 6.07) is 13.4. The van der Waals surface area contributed by atoms with Crippen LogP contribution in [0.5, 0.6) is 0 Å². The van der Waals surface area contributed by atoms with E-state index in [2.05, 4.69) is 40.7 Å². The van der Waals surface area contributed by atoms with Crippen LogP contribution in [-0.2, 0) is 6.54 Å². The van der Waals surface area contributed by atoms with Crippen molar-refractivity contribution in [3.05, 3.63) is 65.6 Å². The number of nitrogens with zero attached hydrogens (tertiary/aromatic N) is 3. The number of urea groups is 1. The highest BCUT2D eigenvalue weighted by atomic mass is 16.2. The molecule has 130 valence electrons. The van der Waals surface area contributed by atoms with Crippen LogP contribution in [0.2, 0.25) is 0 Å². The van der Waals surface area contributed by atoms with Gasteiger partial charge in [-0.25, -0.2) is 4.79 Å². The zero-order valence-electron chi connectivity index (χ0n) is 14.7. The summed E-state index contributed by atoms with van der Waals surface area (Å²) in [7, 11) is 0. The van der Waals surface area contributed by atoms with E-state index in [-0.39, 0.29) is 18.0 Å². The Balaban J connectivity index is 1.70. The molecule has 1 aromatic carbocycles. The average molecular weight is 337 g/mol. The normalized spacial score (nSPS) is 12.3. The third-order valence-electron chi connectivity index (χ3n) is 4.11. The van der Waals surface area contributed by atoms with Gasteiger partial charge in [0.2, 0.25) is 0 Å². The Morgan fingerprint density at radius 3 is 2.76 bits per heavy atom. The molecule has 0 saturated heterocycles. The van der Waals surface area contributed by atoms with Gasteiger partial charge in [-0.15, -0.1) is 10.2 Å². The van der Waals surface area contributed by atoms with E-state index in [1.807, 2.05) is 53.9 Å². The molecule has 0 aliphatic heterocycles. The molecule has 2 heterocycles. The number of carbonyl (C=O) groups excluding carboxylic acids is 1. The molecule has 0 fully saturated rings. The smallest absolute Gasteiger partial charge is 0.315 e. The first-order valence-corrected chi connectivity index (χ1v) is 8.44. The van der Waals surface area contributed by atoms with Gasteiger partial charge in [0.15, 0.2) is 11.5 Å². The Hall–Kier alpha value is -2.89. The van der Waals surface area contributed by atoms with E-state index in [0.717, 1.165) is 17.0 Å². The number of hydrogen-bond acceptors (Lipinski definition) is 3. The fourth-order valence-corrected chi connectivity index (χ4v) is 2.80. The van der Waals surface area contributed by atoms with Crippen molar-refractivity contribution in [3.8, 4) is 0 Å². The van der Waals surface area contributed by atoms with Crippen molar-refractivity contribution in [2.24, 2.45) is 5.92 Å². The summed E-state index contributed by atoms with van der Waals surface area (Å²) in [5, 5.41) is 14.4. The minimum absolute atomic E-state index is 0.178. The molecule has 0 spiro atoms. The molecule has 0 aliphatic rings. The Morgan fingerprint density at radius 2 is 2.00 bits per heavy atom. The third-order valence-corrected chi connectivity index (χ3v) is 4.11. The van der Waals surface area contributed by atoms with Gasteiger partial charge in [-0.3, -0.25) is 4.40 Å². The molecule has 3 aromatic rings. The maximum Gasteiger partial charge on any atom is 0.315 e. The molecule has 3 rings (SSSR count). The zero-order chi connectivity index (χ0) is 17.8. The summed E-state index contributed by atoms with van der Waals surface area (Å²) < 4.78 is 1.91. The van der Waals surface area contributed by atoms with Gasteiger partial charge in [0.1, 0.15) is 0 Å². The lowest BCUT2D eigenvalue weighted by Crippen LogP contribution is -2.40. The average Bonchev–Trinajstić information content (AvgIpc) is 3.01. The monoisotopic (exact) mass is 337 g/mol. The highest BCUT2D eigenvalue weighted by Gasteiger charge is 2.23. The van der Waals surface area contributed by atoms with E-state index in [0.29, 0.717) is 6.54 Å². The molecule has 0 unspecified atom stereocenters. The predicted molar refractivity (Wildman–Crippen MR) is 97.1 cm³/mol. The Bertz CT molecular complexity index is 871. The minimum Gasteiger partial charge on any atom is -0.334 e. The van der Waals surface area contributed by atoms with E-state index < -0.39 is 0 Å². The SMILES string of the molecule is Cc1cccc(CNC(=O)N[C@@H](c2nnc3ccccn23)C(C)C)c1. The van der Waals surface area contributed by atoms with Crippen LogP contribution < -0.4 is 10.6 Å². The Morgan fingerprint density at radius 1 is 1.16 bits per heavy atom. The molecule has 2 N–H and O–H groups in total. The van der Waals surface area contributed by atoms with E-state index in [9.17, 15) is 4.79 Å². The van der Waals surface area contributed by atoms with Crippen LogP contribution in [0.25, 0.3) is 5.65 Å². The largest absolute Gasteiger partial charge is 0.334 e. The number of nitrogens with one attached hydrogen (secondary N) is 2. The van der Waals surface area contributed by atoms with Gasteiger partial charge in [-0.2, -0.15) is 0 Å². The molecule has 0 radical (unpaired) electrons. The summed E-state index contributed by atoms with van der Waals surface area (Å²) >= 11 is 0. The van der Waals surface area contributed by atoms with Crippen LogP contribution in [-0.4, -0.2) is 20.6 Å². The van der Waals surface area contributed by atoms with Crippen molar-refractivity contribution in [2.45, 2.75) is 33.4 Å². The summed E-state index contributed by atoms with van der Waals surface area (Å²) in [4.78, 5) is 12.4. The lowest BCUT2D eigenvalue weighted by molar-refractivity contribution is 0.231. The molecular formula is C19H23N5O. The highest BCUT2D eigenvalue weighted by Crippen LogP contribution is 2.20. The van der Waals surface area contributed by atoms with Crippen molar-refractivity contribution in [2.75, 3.05) is 0 Å². The molecule has 1 atom stereocenters. The number of pyridine rings is 1. The molecule has 0 bridgehead atoms. The second-order valence-electron chi connectivity index (χ2n) is 6.52. The molecule has 25 heavy (non-hydrogen) atoms. The van der Waals surface area contributed by atoms with Crippen LogP contribution in [0, 0.1) is 12.8 Å². The molecule has 6 nitrogen and oxygen atoms in total. The Labute approximate surface area is 147 Å². The van der Waals surface area contributed by atoms with Crippen molar-refractivity contribution in [1.29, 1.82) is 0 Å². The maximum atomic E-state index is 12.4. The number of aryl methyl sites for hydroxylation is 1. The summed E-state index contributed by atoms with van der Waals surface area (Å²) in [5.74, 6) is 0.911. The first-order valence-electron chi connectivity index (χ1n) is 8.44. The molecular weight excluding hydrogens is 314 g/mol. The van der Waals surface area contributed by atoms with Gasteiger partial charge in [0.25, 0.3) is 0 Å². The number of hydrogen-bond donors (Lipinski definition) is 2. The van der Waals surface area contributed by atoms with Crippen LogP contribution in [0.3, 0.4) is 0 Å². The minimum atomic E-state index is -0.227. The van der Waals surface area contributed by atoms with Gasteiger partial charge < -0.3 is 10.6 Å². The number of amides is 2. The third kappa shape index (κ3) is 3.96.